The van der Waals surface area contributed by atoms with Gasteiger partial charge in [-0.05, 0) is 79.3 Å². The van der Waals surface area contributed by atoms with E-state index in [0.717, 1.165) is 63.4 Å². The fourth-order valence-corrected chi connectivity index (χ4v) is 7.43. The first-order valence-electron chi connectivity index (χ1n) is 16.5. The molecule has 1 aromatic heterocycles. The summed E-state index contributed by atoms with van der Waals surface area (Å²) in [5.41, 5.74) is 4.90. The van der Waals surface area contributed by atoms with E-state index in [1.807, 2.05) is 28.8 Å². The number of fused-ring (bicyclic) bond motifs is 4. The first kappa shape index (κ1) is 30.7. The molecule has 3 aliphatic rings. The normalized spacial score (nSPS) is 19.5. The Kier molecular flexibility index (Phi) is 8.80. The van der Waals surface area contributed by atoms with E-state index in [0.29, 0.717) is 35.0 Å². The van der Waals surface area contributed by atoms with Gasteiger partial charge in [0.1, 0.15) is 5.75 Å². The van der Waals surface area contributed by atoms with Gasteiger partial charge in [0.25, 0.3) is 17.4 Å². The van der Waals surface area contributed by atoms with Gasteiger partial charge in [0.2, 0.25) is 0 Å². The SMILES string of the molecule is COc1ccc(C(=O)Nc2cc(C(=O)NC3CCN(Cc4ccccc4)CC3)ccc2N2CC3CC(C2)c2cccc(=O)n2C3)cc1. The Bertz CT molecular complexity index is 1800. The standard InChI is InChI=1S/C38H41N5O4/c1-47-32-13-10-28(11-14-32)37(45)40-33-21-29(38(46)39-31-16-18-41(19-17-31)22-26-6-3-2-4-7-26)12-15-35(33)42-23-27-20-30(25-42)34-8-5-9-36(44)43(34)24-27/h2-15,21,27,30-31H,16-20,22-25H2,1H3,(H,39,46)(H,40,45). The van der Waals surface area contributed by atoms with Gasteiger partial charge in [0.15, 0.2) is 0 Å². The number of ether oxygens (including phenoxy) is 1. The van der Waals surface area contributed by atoms with E-state index < -0.39 is 0 Å². The molecular formula is C38H41N5O4. The maximum atomic E-state index is 13.6. The number of anilines is 2. The Balaban J connectivity index is 1.09. The highest BCUT2D eigenvalue weighted by molar-refractivity contribution is 6.07. The van der Waals surface area contributed by atoms with E-state index in [1.54, 1.807) is 43.5 Å². The molecule has 0 aliphatic carbocycles. The number of methoxy groups -OCH3 is 1. The summed E-state index contributed by atoms with van der Waals surface area (Å²) >= 11 is 0. The quantitative estimate of drug-likeness (QED) is 0.280. The van der Waals surface area contributed by atoms with Crippen LogP contribution in [0.1, 0.15) is 57.2 Å². The number of rotatable bonds is 8. The number of benzene rings is 3. The van der Waals surface area contributed by atoms with Crippen LogP contribution in [0, 0.1) is 5.92 Å². The van der Waals surface area contributed by atoms with Crippen molar-refractivity contribution < 1.29 is 14.3 Å². The predicted octanol–water partition coefficient (Wildman–Crippen LogP) is 5.13. The average Bonchev–Trinajstić information content (AvgIpc) is 3.10. The second-order valence-corrected chi connectivity index (χ2v) is 13.0. The van der Waals surface area contributed by atoms with Crippen molar-refractivity contribution in [1.29, 1.82) is 0 Å². The lowest BCUT2D eigenvalue weighted by atomic mass is 9.83. The van der Waals surface area contributed by atoms with E-state index in [4.69, 9.17) is 4.74 Å². The van der Waals surface area contributed by atoms with Crippen molar-refractivity contribution in [2.45, 2.75) is 44.3 Å². The molecule has 0 radical (unpaired) electrons. The molecule has 9 heteroatoms. The van der Waals surface area contributed by atoms with Gasteiger partial charge in [-0.25, -0.2) is 0 Å². The third-order valence-corrected chi connectivity index (χ3v) is 9.85. The molecule has 2 atom stereocenters. The molecule has 2 bridgehead atoms. The van der Waals surface area contributed by atoms with Crippen molar-refractivity contribution in [3.05, 3.63) is 124 Å². The molecule has 0 saturated carbocycles. The molecule has 0 spiro atoms. The van der Waals surface area contributed by atoms with Gasteiger partial charge in [0, 0.05) is 74.1 Å². The number of nitrogens with one attached hydrogen (secondary N) is 2. The zero-order valence-corrected chi connectivity index (χ0v) is 26.7. The first-order chi connectivity index (χ1) is 22.9. The third-order valence-electron chi connectivity index (χ3n) is 9.85. The number of likely N-dealkylation sites (tertiary alicyclic amines) is 1. The number of nitrogens with zero attached hydrogens (tertiary/aromatic N) is 3. The van der Waals surface area contributed by atoms with Crippen LogP contribution in [0.2, 0.25) is 0 Å². The smallest absolute Gasteiger partial charge is 0.255 e. The fraction of sp³-hybridized carbons (Fsp3) is 0.342. The Hall–Kier alpha value is -4.89. The molecule has 2 fully saturated rings. The summed E-state index contributed by atoms with van der Waals surface area (Å²) in [5, 5.41) is 6.37. The molecule has 3 aromatic carbocycles. The largest absolute Gasteiger partial charge is 0.497 e. The number of aromatic nitrogens is 1. The Morgan fingerprint density at radius 2 is 1.60 bits per heavy atom. The molecule has 2 unspecified atom stereocenters. The zero-order valence-electron chi connectivity index (χ0n) is 26.7. The van der Waals surface area contributed by atoms with Crippen LogP contribution >= 0.6 is 0 Å². The lowest BCUT2D eigenvalue weighted by Crippen LogP contribution is -2.47. The molecule has 4 aromatic rings. The van der Waals surface area contributed by atoms with Crippen LogP contribution in [0.3, 0.4) is 0 Å². The molecule has 47 heavy (non-hydrogen) atoms. The van der Waals surface area contributed by atoms with E-state index in [9.17, 15) is 14.4 Å². The molecule has 2 amide bonds. The third kappa shape index (κ3) is 6.81. The summed E-state index contributed by atoms with van der Waals surface area (Å²) in [5.74, 6) is 0.790. The van der Waals surface area contributed by atoms with Crippen LogP contribution < -0.4 is 25.8 Å². The van der Waals surface area contributed by atoms with E-state index >= 15 is 0 Å². The molecule has 9 nitrogen and oxygen atoms in total. The number of hydrogen-bond donors (Lipinski definition) is 2. The summed E-state index contributed by atoms with van der Waals surface area (Å²) < 4.78 is 7.18. The number of carbonyl (C=O) groups excluding carboxylic acids is 2. The Labute approximate surface area is 275 Å². The summed E-state index contributed by atoms with van der Waals surface area (Å²) in [6, 6.07) is 28.7. The van der Waals surface area contributed by atoms with Crippen molar-refractivity contribution in [3.63, 3.8) is 0 Å². The van der Waals surface area contributed by atoms with Gasteiger partial charge >= 0.3 is 0 Å². The number of amides is 2. The monoisotopic (exact) mass is 631 g/mol. The second kappa shape index (κ2) is 13.5. The minimum Gasteiger partial charge on any atom is -0.497 e. The van der Waals surface area contributed by atoms with Crippen LogP contribution in [0.4, 0.5) is 11.4 Å². The van der Waals surface area contributed by atoms with E-state index in [2.05, 4.69) is 50.8 Å². The molecule has 4 heterocycles. The molecule has 7 rings (SSSR count). The maximum Gasteiger partial charge on any atom is 0.255 e. The van der Waals surface area contributed by atoms with Gasteiger partial charge in [-0.1, -0.05) is 36.4 Å². The van der Waals surface area contributed by atoms with Crippen LogP contribution in [-0.2, 0) is 13.1 Å². The average molecular weight is 632 g/mol. The first-order valence-corrected chi connectivity index (χ1v) is 16.5. The number of hydrogen-bond acceptors (Lipinski definition) is 6. The highest BCUT2D eigenvalue weighted by Gasteiger charge is 2.35. The van der Waals surface area contributed by atoms with E-state index in [-0.39, 0.29) is 29.3 Å². The molecule has 3 aliphatic heterocycles. The minimum atomic E-state index is -0.258. The highest BCUT2D eigenvalue weighted by atomic mass is 16.5. The molecule has 242 valence electrons. The van der Waals surface area contributed by atoms with Crippen LogP contribution in [-0.4, -0.2) is 60.6 Å². The lowest BCUT2D eigenvalue weighted by Gasteiger charge is -2.44. The van der Waals surface area contributed by atoms with E-state index in [1.165, 1.54) is 5.56 Å². The van der Waals surface area contributed by atoms with Crippen molar-refractivity contribution in [2.24, 2.45) is 5.92 Å². The Morgan fingerprint density at radius 3 is 2.36 bits per heavy atom. The second-order valence-electron chi connectivity index (χ2n) is 13.0. The van der Waals surface area contributed by atoms with Gasteiger partial charge in [-0.2, -0.15) is 0 Å². The van der Waals surface area contributed by atoms with Crippen molar-refractivity contribution in [1.82, 2.24) is 14.8 Å². The van der Waals surface area contributed by atoms with Crippen LogP contribution in [0.15, 0.2) is 95.8 Å². The number of piperidine rings is 2. The number of carbonyl (C=O) groups is 2. The van der Waals surface area contributed by atoms with Crippen LogP contribution in [0.25, 0.3) is 0 Å². The van der Waals surface area contributed by atoms with Gasteiger partial charge in [-0.3, -0.25) is 19.3 Å². The van der Waals surface area contributed by atoms with Crippen molar-refractivity contribution in [2.75, 3.05) is 43.5 Å². The maximum absolute atomic E-state index is 13.6. The molecule has 2 saturated heterocycles. The van der Waals surface area contributed by atoms with Crippen molar-refractivity contribution >= 4 is 23.2 Å². The predicted molar refractivity (Wildman–Crippen MR) is 183 cm³/mol. The van der Waals surface area contributed by atoms with Gasteiger partial charge < -0.3 is 24.8 Å². The zero-order chi connectivity index (χ0) is 32.3. The topological polar surface area (TPSA) is 95.9 Å². The summed E-state index contributed by atoms with van der Waals surface area (Å²) in [4.78, 5) is 44.4. The molecular weight excluding hydrogens is 590 g/mol. The minimum absolute atomic E-state index is 0.0512. The van der Waals surface area contributed by atoms with Gasteiger partial charge in [0.05, 0.1) is 18.5 Å². The summed E-state index contributed by atoms with van der Waals surface area (Å²) in [7, 11) is 1.59. The highest BCUT2D eigenvalue weighted by Crippen LogP contribution is 2.39. The number of pyridine rings is 1. The van der Waals surface area contributed by atoms with Crippen molar-refractivity contribution in [3.8, 4) is 5.75 Å². The summed E-state index contributed by atoms with van der Waals surface area (Å²) in [6.45, 7) is 4.93. The Morgan fingerprint density at radius 1 is 0.830 bits per heavy atom. The van der Waals surface area contributed by atoms with Crippen LogP contribution in [0.5, 0.6) is 5.75 Å². The summed E-state index contributed by atoms with van der Waals surface area (Å²) in [6.07, 6.45) is 2.80. The lowest BCUT2D eigenvalue weighted by molar-refractivity contribution is 0.0908. The van der Waals surface area contributed by atoms with Gasteiger partial charge in [-0.15, -0.1) is 0 Å². The fourth-order valence-electron chi connectivity index (χ4n) is 7.43. The molecule has 2 N–H and O–H groups in total.